The van der Waals surface area contributed by atoms with E-state index >= 15 is 0 Å². The topological polar surface area (TPSA) is 86.4 Å². The number of rotatable bonds is 5. The Hall–Kier alpha value is -2.74. The minimum absolute atomic E-state index is 0.0163. The molecule has 0 aromatic carbocycles. The van der Waals surface area contributed by atoms with Crippen LogP contribution in [0.3, 0.4) is 0 Å². The number of pyridine rings is 1. The van der Waals surface area contributed by atoms with E-state index in [9.17, 15) is 14.4 Å². The Morgan fingerprint density at radius 1 is 1.29 bits per heavy atom. The van der Waals surface area contributed by atoms with Crippen molar-refractivity contribution in [2.75, 3.05) is 20.8 Å². The quantitative estimate of drug-likeness (QED) is 0.765. The number of nitrogens with zero attached hydrogens (tertiary/aromatic N) is 4. The maximum atomic E-state index is 12.8. The van der Waals surface area contributed by atoms with Crippen molar-refractivity contribution in [2.45, 2.75) is 6.04 Å². The van der Waals surface area contributed by atoms with Crippen molar-refractivity contribution in [3.8, 4) is 0 Å². The van der Waals surface area contributed by atoms with E-state index in [0.717, 1.165) is 15.2 Å². The van der Waals surface area contributed by atoms with E-state index in [-0.39, 0.29) is 12.3 Å². The molecule has 1 atom stereocenters. The van der Waals surface area contributed by atoms with Crippen LogP contribution in [-0.2, 0) is 18.8 Å². The van der Waals surface area contributed by atoms with Crippen molar-refractivity contribution in [2.24, 2.45) is 14.1 Å². The van der Waals surface area contributed by atoms with Crippen LogP contribution in [-0.4, -0.2) is 45.7 Å². The van der Waals surface area contributed by atoms with E-state index in [4.69, 9.17) is 4.74 Å². The third kappa shape index (κ3) is 3.28. The molecule has 0 radical (unpaired) electrons. The molecule has 0 unspecified atom stereocenters. The highest BCUT2D eigenvalue weighted by Gasteiger charge is 2.26. The second-order valence-corrected chi connectivity index (χ2v) is 5.41. The summed E-state index contributed by atoms with van der Waals surface area (Å²) in [6.07, 6.45) is 1.63. The summed E-state index contributed by atoms with van der Waals surface area (Å²) >= 11 is 0. The van der Waals surface area contributed by atoms with E-state index < -0.39 is 23.2 Å². The highest BCUT2D eigenvalue weighted by Crippen LogP contribution is 2.19. The van der Waals surface area contributed by atoms with E-state index in [0.29, 0.717) is 5.69 Å². The summed E-state index contributed by atoms with van der Waals surface area (Å²) in [6.45, 7) is 0.234. The third-order valence-electron chi connectivity index (χ3n) is 3.89. The molecule has 2 heterocycles. The average molecular weight is 332 g/mol. The summed E-state index contributed by atoms with van der Waals surface area (Å²) in [5, 5.41) is 0. The fourth-order valence-electron chi connectivity index (χ4n) is 2.39. The molecule has 8 nitrogen and oxygen atoms in total. The lowest BCUT2D eigenvalue weighted by Crippen LogP contribution is -2.43. The van der Waals surface area contributed by atoms with Gasteiger partial charge in [-0.25, -0.2) is 4.79 Å². The Labute approximate surface area is 138 Å². The van der Waals surface area contributed by atoms with Gasteiger partial charge in [0.05, 0.1) is 18.3 Å². The van der Waals surface area contributed by atoms with Crippen LogP contribution >= 0.6 is 0 Å². The predicted molar refractivity (Wildman–Crippen MR) is 87.9 cm³/mol. The molecule has 2 rings (SSSR count). The zero-order valence-corrected chi connectivity index (χ0v) is 14.1. The molecule has 2 aromatic heterocycles. The molecule has 1 amide bonds. The third-order valence-corrected chi connectivity index (χ3v) is 3.89. The van der Waals surface area contributed by atoms with E-state index in [1.54, 1.807) is 25.4 Å². The van der Waals surface area contributed by atoms with E-state index in [2.05, 4.69) is 4.98 Å². The first kappa shape index (κ1) is 17.6. The summed E-state index contributed by atoms with van der Waals surface area (Å²) < 4.78 is 7.30. The molecule has 0 spiro atoms. The number of likely N-dealkylation sites (N-methyl/N-ethyl adjacent to an activating group) is 1. The van der Waals surface area contributed by atoms with Gasteiger partial charge < -0.3 is 9.64 Å². The fraction of sp³-hybridized carbons (Fsp3) is 0.375. The molecule has 0 saturated heterocycles. The zero-order chi connectivity index (χ0) is 17.9. The molecule has 2 aromatic rings. The van der Waals surface area contributed by atoms with Gasteiger partial charge in [0.15, 0.2) is 0 Å². The Kier molecular flexibility index (Phi) is 5.30. The van der Waals surface area contributed by atoms with Crippen LogP contribution in [0.25, 0.3) is 0 Å². The minimum Gasteiger partial charge on any atom is -0.382 e. The maximum Gasteiger partial charge on any atom is 0.331 e. The average Bonchev–Trinajstić information content (AvgIpc) is 2.60. The number of hydrogen-bond acceptors (Lipinski definition) is 5. The molecule has 0 N–H and O–H groups in total. The summed E-state index contributed by atoms with van der Waals surface area (Å²) in [5.74, 6) is -0.458. The molecular formula is C16H20N4O4. The van der Waals surface area contributed by atoms with Crippen molar-refractivity contribution in [3.05, 3.63) is 62.7 Å². The number of aromatic nitrogens is 3. The Morgan fingerprint density at radius 2 is 2.00 bits per heavy atom. The molecule has 0 bridgehead atoms. The monoisotopic (exact) mass is 332 g/mol. The van der Waals surface area contributed by atoms with Gasteiger partial charge in [-0.3, -0.25) is 23.7 Å². The van der Waals surface area contributed by atoms with Crippen LogP contribution in [0, 0.1) is 0 Å². The van der Waals surface area contributed by atoms with Crippen LogP contribution < -0.4 is 11.2 Å². The summed E-state index contributed by atoms with van der Waals surface area (Å²) in [6, 6.07) is 6.10. The predicted octanol–water partition coefficient (Wildman–Crippen LogP) is -0.0613. The number of methoxy groups -OCH3 is 1. The van der Waals surface area contributed by atoms with Gasteiger partial charge in [-0.15, -0.1) is 0 Å². The van der Waals surface area contributed by atoms with Gasteiger partial charge in [-0.1, -0.05) is 6.07 Å². The number of amides is 1. The van der Waals surface area contributed by atoms with Crippen molar-refractivity contribution in [1.82, 2.24) is 19.0 Å². The number of hydrogen-bond donors (Lipinski definition) is 0. The molecule has 0 aliphatic carbocycles. The normalized spacial score (nSPS) is 12.0. The van der Waals surface area contributed by atoms with E-state index in [1.807, 2.05) is 6.07 Å². The largest absolute Gasteiger partial charge is 0.382 e. The van der Waals surface area contributed by atoms with Crippen LogP contribution in [0.1, 0.15) is 22.2 Å². The Balaban J connectivity index is 2.44. The summed E-state index contributed by atoms with van der Waals surface area (Å²) in [7, 11) is 5.93. The first-order chi connectivity index (χ1) is 11.4. The SMILES string of the molecule is COC[C@@H](c1ccccn1)N(C)C(=O)c1cc(=O)n(C)c(=O)n1C. The van der Waals surface area contributed by atoms with Crippen molar-refractivity contribution in [3.63, 3.8) is 0 Å². The van der Waals surface area contributed by atoms with E-state index in [1.165, 1.54) is 26.1 Å². The van der Waals surface area contributed by atoms with Crippen molar-refractivity contribution >= 4 is 5.91 Å². The van der Waals surface area contributed by atoms with Gasteiger partial charge >= 0.3 is 5.69 Å². The Bertz CT molecular complexity index is 841. The lowest BCUT2D eigenvalue weighted by atomic mass is 10.1. The number of carbonyl (C=O) groups excluding carboxylic acids is 1. The highest BCUT2D eigenvalue weighted by atomic mass is 16.5. The van der Waals surface area contributed by atoms with Gasteiger partial charge in [0, 0.05) is 40.5 Å². The number of ether oxygens (including phenoxy) is 1. The lowest BCUT2D eigenvalue weighted by molar-refractivity contribution is 0.0584. The Morgan fingerprint density at radius 3 is 2.58 bits per heavy atom. The second kappa shape index (κ2) is 7.22. The van der Waals surface area contributed by atoms with Crippen LogP contribution in [0.15, 0.2) is 40.1 Å². The highest BCUT2D eigenvalue weighted by molar-refractivity contribution is 5.92. The summed E-state index contributed by atoms with van der Waals surface area (Å²) in [4.78, 5) is 42.3. The lowest BCUT2D eigenvalue weighted by Gasteiger charge is -2.27. The molecule has 0 aliphatic heterocycles. The summed E-state index contributed by atoms with van der Waals surface area (Å²) in [5.41, 5.74) is -0.414. The van der Waals surface area contributed by atoms with Crippen LogP contribution in [0.2, 0.25) is 0 Å². The maximum absolute atomic E-state index is 12.8. The fourth-order valence-corrected chi connectivity index (χ4v) is 2.39. The molecule has 8 heteroatoms. The van der Waals surface area contributed by atoms with Gasteiger partial charge in [-0.2, -0.15) is 0 Å². The van der Waals surface area contributed by atoms with Crippen molar-refractivity contribution < 1.29 is 9.53 Å². The first-order valence-electron chi connectivity index (χ1n) is 7.32. The van der Waals surface area contributed by atoms with Crippen LogP contribution in [0.5, 0.6) is 0 Å². The van der Waals surface area contributed by atoms with Gasteiger partial charge in [-0.05, 0) is 12.1 Å². The van der Waals surface area contributed by atoms with Crippen molar-refractivity contribution in [1.29, 1.82) is 0 Å². The minimum atomic E-state index is -0.555. The second-order valence-electron chi connectivity index (χ2n) is 5.41. The smallest absolute Gasteiger partial charge is 0.331 e. The first-order valence-corrected chi connectivity index (χ1v) is 7.32. The number of carbonyl (C=O) groups is 1. The molecule has 128 valence electrons. The molecular weight excluding hydrogens is 312 g/mol. The zero-order valence-electron chi connectivity index (χ0n) is 14.1. The molecule has 0 aliphatic rings. The van der Waals surface area contributed by atoms with Gasteiger partial charge in [0.2, 0.25) is 0 Å². The molecule has 24 heavy (non-hydrogen) atoms. The standard InChI is InChI=1S/C16H20N4O4/c1-18(13(10-24-4)11-7-5-6-8-17-11)15(22)12-9-14(21)20(3)16(23)19(12)2/h5-9,13H,10H2,1-4H3/t13-/m0/s1. The van der Waals surface area contributed by atoms with Gasteiger partial charge in [0.1, 0.15) is 5.69 Å². The molecule has 0 saturated carbocycles. The van der Waals surface area contributed by atoms with Gasteiger partial charge in [0.25, 0.3) is 11.5 Å². The van der Waals surface area contributed by atoms with Crippen LogP contribution in [0.4, 0.5) is 0 Å². The molecule has 0 fully saturated rings.